The third-order valence-electron chi connectivity index (χ3n) is 3.96. The van der Waals surface area contributed by atoms with Crippen LogP contribution in [0.4, 0.5) is 5.69 Å². The molecule has 1 aliphatic heterocycles. The van der Waals surface area contributed by atoms with E-state index >= 15 is 0 Å². The van der Waals surface area contributed by atoms with Crippen LogP contribution in [0.5, 0.6) is 5.75 Å². The van der Waals surface area contributed by atoms with Crippen LogP contribution in [0.3, 0.4) is 0 Å². The zero-order chi connectivity index (χ0) is 16.8. The molecule has 2 rings (SSSR count). The number of likely N-dealkylation sites (tertiary alicyclic amines) is 1. The topological polar surface area (TPSA) is 65.4 Å². The van der Waals surface area contributed by atoms with Gasteiger partial charge in [0.15, 0.2) is 0 Å². The molecule has 0 bridgehead atoms. The fraction of sp³-hybridized carbons (Fsp3) is 0.412. The Balaban J connectivity index is 2.12. The molecule has 1 aromatic rings. The molecule has 0 unspecified atom stereocenters. The van der Waals surface area contributed by atoms with E-state index in [9.17, 15) is 10.1 Å². The lowest BCUT2D eigenvalue weighted by Gasteiger charge is -2.30. The number of nitrogens with zero attached hydrogens (tertiary/aromatic N) is 2. The molecule has 122 valence electrons. The number of amides is 1. The Morgan fingerprint density at radius 3 is 2.78 bits per heavy atom. The van der Waals surface area contributed by atoms with Crippen molar-refractivity contribution in [3.63, 3.8) is 0 Å². The van der Waals surface area contributed by atoms with E-state index in [-0.39, 0.29) is 11.5 Å². The average Bonchev–Trinajstić information content (AvgIpc) is 2.56. The maximum Gasteiger partial charge on any atom is 0.266 e. The number of nitriles is 1. The minimum absolute atomic E-state index is 0.0709. The summed E-state index contributed by atoms with van der Waals surface area (Å²) in [5, 5.41) is 12.8. The van der Waals surface area contributed by atoms with Crippen LogP contribution >= 0.6 is 11.6 Å². The Bertz CT molecular complexity index is 644. The highest BCUT2D eigenvalue weighted by molar-refractivity contribution is 6.30. The summed E-state index contributed by atoms with van der Waals surface area (Å²) in [7, 11) is 1.55. The second-order valence-corrected chi connectivity index (χ2v) is 6.07. The summed E-state index contributed by atoms with van der Waals surface area (Å²) in [6.45, 7) is 3.56. The van der Waals surface area contributed by atoms with Crippen molar-refractivity contribution in [1.82, 2.24) is 4.90 Å². The maximum absolute atomic E-state index is 12.4. The Labute approximate surface area is 141 Å². The lowest BCUT2D eigenvalue weighted by molar-refractivity contribution is -0.128. The molecule has 0 radical (unpaired) electrons. The number of anilines is 1. The Kier molecular flexibility index (Phi) is 5.89. The molecule has 6 heteroatoms. The van der Waals surface area contributed by atoms with Gasteiger partial charge in [0.1, 0.15) is 17.4 Å². The second kappa shape index (κ2) is 7.89. The van der Waals surface area contributed by atoms with E-state index in [0.29, 0.717) is 35.5 Å². The largest absolute Gasteiger partial charge is 0.495 e. The van der Waals surface area contributed by atoms with Crippen molar-refractivity contribution in [1.29, 1.82) is 5.26 Å². The zero-order valence-electron chi connectivity index (χ0n) is 13.3. The van der Waals surface area contributed by atoms with Crippen molar-refractivity contribution in [3.8, 4) is 11.8 Å². The molecule has 1 heterocycles. The summed E-state index contributed by atoms with van der Waals surface area (Å²) in [6, 6.07) is 7.08. The molecule has 0 atom stereocenters. The van der Waals surface area contributed by atoms with E-state index in [1.807, 2.05) is 6.07 Å². The van der Waals surface area contributed by atoms with E-state index in [4.69, 9.17) is 16.3 Å². The molecule has 1 aromatic carbocycles. The van der Waals surface area contributed by atoms with Gasteiger partial charge in [-0.15, -0.1) is 0 Å². The van der Waals surface area contributed by atoms with Crippen molar-refractivity contribution in [2.24, 2.45) is 5.92 Å². The monoisotopic (exact) mass is 333 g/mol. The van der Waals surface area contributed by atoms with Crippen LogP contribution in [0.25, 0.3) is 0 Å². The number of piperidine rings is 1. The smallest absolute Gasteiger partial charge is 0.266 e. The van der Waals surface area contributed by atoms with Crippen molar-refractivity contribution >= 4 is 23.2 Å². The van der Waals surface area contributed by atoms with Crippen LogP contribution in [0.1, 0.15) is 19.8 Å². The number of hydrogen-bond acceptors (Lipinski definition) is 4. The standard InChI is InChI=1S/C17H20ClN3O2/c1-12-5-7-21(8-6-12)17(22)13(10-19)11-20-15-9-14(18)3-4-16(15)23-2/h3-4,9,11-12,20H,5-8H2,1-2H3/b13-11-. The first-order valence-corrected chi connectivity index (χ1v) is 7.92. The van der Waals surface area contributed by atoms with Crippen molar-refractivity contribution in [2.75, 3.05) is 25.5 Å². The molecule has 1 saturated heterocycles. The molecule has 0 spiro atoms. The molecule has 0 aliphatic carbocycles. The first-order valence-electron chi connectivity index (χ1n) is 7.54. The van der Waals surface area contributed by atoms with Crippen LogP contribution in [-0.4, -0.2) is 31.0 Å². The van der Waals surface area contributed by atoms with Gasteiger partial charge in [0.2, 0.25) is 0 Å². The number of nitrogens with one attached hydrogen (secondary N) is 1. The fourth-order valence-electron chi connectivity index (χ4n) is 2.47. The predicted octanol–water partition coefficient (Wildman–Crippen LogP) is 3.43. The molecular formula is C17H20ClN3O2. The quantitative estimate of drug-likeness (QED) is 0.677. The number of carbonyl (C=O) groups excluding carboxylic acids is 1. The highest BCUT2D eigenvalue weighted by Gasteiger charge is 2.23. The molecule has 0 aromatic heterocycles. The molecule has 1 amide bonds. The Morgan fingerprint density at radius 2 is 2.17 bits per heavy atom. The molecular weight excluding hydrogens is 314 g/mol. The van der Waals surface area contributed by atoms with Crippen LogP contribution < -0.4 is 10.1 Å². The average molecular weight is 334 g/mol. The summed E-state index contributed by atoms with van der Waals surface area (Å²) in [5.41, 5.74) is 0.675. The molecule has 1 aliphatic rings. The van der Waals surface area contributed by atoms with Crippen molar-refractivity contribution in [2.45, 2.75) is 19.8 Å². The van der Waals surface area contributed by atoms with Crippen LogP contribution in [-0.2, 0) is 4.79 Å². The van der Waals surface area contributed by atoms with Gasteiger partial charge in [-0.05, 0) is 37.0 Å². The van der Waals surface area contributed by atoms with Gasteiger partial charge in [0.25, 0.3) is 5.91 Å². The summed E-state index contributed by atoms with van der Waals surface area (Å²) in [5.74, 6) is 0.970. The minimum atomic E-state index is -0.243. The molecule has 1 N–H and O–H groups in total. The van der Waals surface area contributed by atoms with Gasteiger partial charge in [-0.3, -0.25) is 4.79 Å². The molecule has 23 heavy (non-hydrogen) atoms. The highest BCUT2D eigenvalue weighted by Crippen LogP contribution is 2.28. The third kappa shape index (κ3) is 4.40. The summed E-state index contributed by atoms with van der Waals surface area (Å²) < 4.78 is 5.23. The Hall–Kier alpha value is -2.19. The zero-order valence-corrected chi connectivity index (χ0v) is 14.1. The van der Waals surface area contributed by atoms with E-state index in [2.05, 4.69) is 12.2 Å². The number of rotatable bonds is 4. The van der Waals surface area contributed by atoms with E-state index in [0.717, 1.165) is 12.8 Å². The predicted molar refractivity (Wildman–Crippen MR) is 90.3 cm³/mol. The Morgan fingerprint density at radius 1 is 1.48 bits per heavy atom. The first-order chi connectivity index (χ1) is 11.0. The lowest BCUT2D eigenvalue weighted by Crippen LogP contribution is -2.38. The number of ether oxygens (including phenoxy) is 1. The van der Waals surface area contributed by atoms with Gasteiger partial charge in [-0.25, -0.2) is 0 Å². The van der Waals surface area contributed by atoms with Crippen LogP contribution in [0.2, 0.25) is 5.02 Å². The third-order valence-corrected chi connectivity index (χ3v) is 4.19. The van der Waals surface area contributed by atoms with E-state index in [1.165, 1.54) is 6.20 Å². The fourth-order valence-corrected chi connectivity index (χ4v) is 2.64. The number of carbonyl (C=O) groups is 1. The van der Waals surface area contributed by atoms with Crippen molar-refractivity contribution < 1.29 is 9.53 Å². The highest BCUT2D eigenvalue weighted by atomic mass is 35.5. The molecule has 1 fully saturated rings. The van der Waals surface area contributed by atoms with Gasteiger partial charge in [0, 0.05) is 24.3 Å². The normalized spacial score (nSPS) is 15.9. The number of methoxy groups -OCH3 is 1. The SMILES string of the molecule is COc1ccc(Cl)cc1N/C=C(/C#N)C(=O)N1CCC(C)CC1. The van der Waals surface area contributed by atoms with Crippen LogP contribution in [0.15, 0.2) is 30.0 Å². The van der Waals surface area contributed by atoms with E-state index in [1.54, 1.807) is 30.2 Å². The molecule has 5 nitrogen and oxygen atoms in total. The van der Waals surface area contributed by atoms with Crippen molar-refractivity contribution in [3.05, 3.63) is 35.0 Å². The van der Waals surface area contributed by atoms with Gasteiger partial charge in [-0.1, -0.05) is 18.5 Å². The number of benzene rings is 1. The lowest BCUT2D eigenvalue weighted by atomic mass is 9.99. The van der Waals surface area contributed by atoms with E-state index < -0.39 is 0 Å². The summed E-state index contributed by atoms with van der Waals surface area (Å²) in [6.07, 6.45) is 3.36. The minimum Gasteiger partial charge on any atom is -0.495 e. The number of halogens is 1. The summed E-state index contributed by atoms with van der Waals surface area (Å²) in [4.78, 5) is 14.1. The van der Waals surface area contributed by atoms with Crippen LogP contribution in [0, 0.1) is 17.2 Å². The molecule has 0 saturated carbocycles. The second-order valence-electron chi connectivity index (χ2n) is 5.63. The summed E-state index contributed by atoms with van der Waals surface area (Å²) >= 11 is 5.96. The van der Waals surface area contributed by atoms with Gasteiger partial charge < -0.3 is 15.0 Å². The number of hydrogen-bond donors (Lipinski definition) is 1. The van der Waals surface area contributed by atoms with Gasteiger partial charge in [-0.2, -0.15) is 5.26 Å². The first kappa shape index (κ1) is 17.2. The van der Waals surface area contributed by atoms with Gasteiger partial charge >= 0.3 is 0 Å². The van der Waals surface area contributed by atoms with Gasteiger partial charge in [0.05, 0.1) is 12.8 Å². The maximum atomic E-state index is 12.4.